The summed E-state index contributed by atoms with van der Waals surface area (Å²) in [4.78, 5) is 31.7. The minimum absolute atomic E-state index is 0.0229. The fraction of sp³-hybridized carbons (Fsp3) is 0.250. The van der Waals surface area contributed by atoms with Gasteiger partial charge < -0.3 is 5.32 Å². The van der Waals surface area contributed by atoms with Crippen LogP contribution in [0.25, 0.3) is 0 Å². The minimum Gasteiger partial charge on any atom is -0.325 e. The van der Waals surface area contributed by atoms with Gasteiger partial charge in [-0.2, -0.15) is 0 Å². The first-order valence-corrected chi connectivity index (χ1v) is 10.0. The number of aryl methyl sites for hydroxylation is 1. The van der Waals surface area contributed by atoms with Gasteiger partial charge in [-0.15, -0.1) is 0 Å². The maximum atomic E-state index is 13.0. The van der Waals surface area contributed by atoms with Gasteiger partial charge in [0, 0.05) is 12.2 Å². The lowest BCUT2D eigenvalue weighted by molar-refractivity contribution is -0.121. The topological polar surface area (TPSA) is 85.8 Å². The number of anilines is 2. The van der Waals surface area contributed by atoms with Crippen molar-refractivity contribution in [2.45, 2.75) is 13.1 Å². The molecule has 1 saturated heterocycles. The number of benzene rings is 2. The van der Waals surface area contributed by atoms with Gasteiger partial charge in [0.2, 0.25) is 11.8 Å². The third kappa shape index (κ3) is 3.94. The van der Waals surface area contributed by atoms with Gasteiger partial charge in [-0.1, -0.05) is 42.1 Å². The van der Waals surface area contributed by atoms with Crippen molar-refractivity contribution in [2.24, 2.45) is 10.9 Å². The summed E-state index contributed by atoms with van der Waals surface area (Å²) in [5.74, 6) is -0.261. The number of carbonyl (C=O) groups excluding carboxylic acids is 2. The number of fused-ring (bicyclic) bond motifs is 1. The van der Waals surface area contributed by atoms with Crippen molar-refractivity contribution in [3.8, 4) is 0 Å². The van der Waals surface area contributed by atoms with E-state index in [1.807, 2.05) is 61.5 Å². The first-order chi connectivity index (χ1) is 13.6. The smallest absolute Gasteiger partial charge is 0.241 e. The summed E-state index contributed by atoms with van der Waals surface area (Å²) >= 11 is 1.26. The van der Waals surface area contributed by atoms with Gasteiger partial charge in [0.25, 0.3) is 0 Å². The van der Waals surface area contributed by atoms with E-state index >= 15 is 0 Å². The fourth-order valence-electron chi connectivity index (χ4n) is 3.23. The lowest BCUT2D eigenvalue weighted by atomic mass is 10.1. The Morgan fingerprint density at radius 3 is 2.86 bits per heavy atom. The molecule has 28 heavy (non-hydrogen) atoms. The third-order valence-electron chi connectivity index (χ3n) is 4.58. The molecule has 3 N–H and O–H groups in total. The highest BCUT2D eigenvalue weighted by Gasteiger charge is 2.42. The minimum atomic E-state index is -0.310. The van der Waals surface area contributed by atoms with E-state index in [-0.39, 0.29) is 29.7 Å². The van der Waals surface area contributed by atoms with E-state index in [2.05, 4.69) is 21.2 Å². The number of rotatable bonds is 4. The average molecular weight is 395 g/mol. The quantitative estimate of drug-likeness (QED) is 0.738. The van der Waals surface area contributed by atoms with Crippen LogP contribution in [0.4, 0.5) is 11.4 Å². The Morgan fingerprint density at radius 1 is 1.25 bits per heavy atom. The molecule has 2 aliphatic rings. The van der Waals surface area contributed by atoms with E-state index in [1.165, 1.54) is 11.8 Å². The Hall–Kier alpha value is -2.68. The van der Waals surface area contributed by atoms with Crippen LogP contribution in [-0.4, -0.2) is 35.4 Å². The molecule has 2 aliphatic heterocycles. The van der Waals surface area contributed by atoms with Crippen LogP contribution >= 0.6 is 11.8 Å². The maximum Gasteiger partial charge on any atom is 0.241 e. The summed E-state index contributed by atoms with van der Waals surface area (Å²) in [6.07, 6.45) is -0.310. The molecule has 2 aromatic rings. The molecule has 8 heteroatoms. The monoisotopic (exact) mass is 395 g/mol. The Morgan fingerprint density at radius 2 is 2.07 bits per heavy atom. The number of nitrogens with zero attached hydrogens (tertiary/aromatic N) is 2. The number of nitrogens with one attached hydrogen (secondary N) is 3. The number of carbonyl (C=O) groups is 2. The first kappa shape index (κ1) is 18.7. The highest BCUT2D eigenvalue weighted by Crippen LogP contribution is 2.29. The number of para-hydroxylation sites is 1. The lowest BCUT2D eigenvalue weighted by Gasteiger charge is -2.32. The van der Waals surface area contributed by atoms with E-state index in [0.29, 0.717) is 11.7 Å². The molecule has 1 fully saturated rings. The van der Waals surface area contributed by atoms with Crippen molar-refractivity contribution >= 4 is 40.1 Å². The molecular formula is C20H21N5O2S. The zero-order chi connectivity index (χ0) is 19.5. The molecule has 0 spiro atoms. The molecule has 7 nitrogen and oxygen atoms in total. The van der Waals surface area contributed by atoms with Crippen molar-refractivity contribution in [1.82, 2.24) is 10.9 Å². The number of amides is 2. The van der Waals surface area contributed by atoms with Crippen molar-refractivity contribution in [1.29, 1.82) is 0 Å². The maximum absolute atomic E-state index is 13.0. The number of hydrogen-bond donors (Lipinski definition) is 3. The Labute approximate surface area is 167 Å². The summed E-state index contributed by atoms with van der Waals surface area (Å²) in [6, 6.07) is 17.1. The standard InChI is InChI=1S/C20H21N5O2S/c1-13-6-5-7-14(10-13)22-17(26)12-28-20-23-18-16(11-21-24-18)19(27)25(20)15-8-3-2-4-9-15/h2-10,16,18,21,24H,11-12H2,1H3,(H,22,26). The molecule has 0 saturated carbocycles. The Balaban J connectivity index is 1.50. The summed E-state index contributed by atoms with van der Waals surface area (Å²) in [6.45, 7) is 2.51. The largest absolute Gasteiger partial charge is 0.325 e. The second-order valence-electron chi connectivity index (χ2n) is 6.70. The van der Waals surface area contributed by atoms with Gasteiger partial charge >= 0.3 is 0 Å². The van der Waals surface area contributed by atoms with Crippen molar-refractivity contribution in [3.63, 3.8) is 0 Å². The molecule has 2 heterocycles. The summed E-state index contributed by atoms with van der Waals surface area (Å²) in [7, 11) is 0. The summed E-state index contributed by atoms with van der Waals surface area (Å²) in [5.41, 5.74) is 8.61. The zero-order valence-corrected chi connectivity index (χ0v) is 16.2. The normalized spacial score (nSPS) is 21.2. The number of hydrogen-bond acceptors (Lipinski definition) is 6. The van der Waals surface area contributed by atoms with Crippen LogP contribution in [-0.2, 0) is 9.59 Å². The number of hydrazine groups is 1. The van der Waals surface area contributed by atoms with Gasteiger partial charge in [-0.3, -0.25) is 19.9 Å². The van der Waals surface area contributed by atoms with Crippen LogP contribution in [0.2, 0.25) is 0 Å². The van der Waals surface area contributed by atoms with E-state index in [1.54, 1.807) is 4.90 Å². The highest BCUT2D eigenvalue weighted by atomic mass is 32.2. The predicted molar refractivity (Wildman–Crippen MR) is 112 cm³/mol. The molecule has 144 valence electrons. The van der Waals surface area contributed by atoms with E-state index < -0.39 is 0 Å². The van der Waals surface area contributed by atoms with Crippen molar-refractivity contribution in [3.05, 3.63) is 60.2 Å². The third-order valence-corrected chi connectivity index (χ3v) is 5.53. The molecule has 4 rings (SSSR count). The molecule has 0 bridgehead atoms. The molecule has 2 aromatic carbocycles. The second kappa shape index (κ2) is 8.14. The molecule has 0 radical (unpaired) electrons. The van der Waals surface area contributed by atoms with Gasteiger partial charge in [0.1, 0.15) is 6.17 Å². The van der Waals surface area contributed by atoms with Gasteiger partial charge in [0.15, 0.2) is 5.17 Å². The van der Waals surface area contributed by atoms with Crippen LogP contribution in [0.5, 0.6) is 0 Å². The average Bonchev–Trinajstić information content (AvgIpc) is 3.16. The van der Waals surface area contributed by atoms with Crippen LogP contribution in [0.15, 0.2) is 59.6 Å². The summed E-state index contributed by atoms with van der Waals surface area (Å²) in [5, 5.41) is 3.41. The molecule has 0 aliphatic carbocycles. The number of thioether (sulfide) groups is 1. The fourth-order valence-corrected chi connectivity index (χ4v) is 4.08. The van der Waals surface area contributed by atoms with Gasteiger partial charge in [0.05, 0.1) is 17.4 Å². The molecule has 2 amide bonds. The number of amidine groups is 1. The lowest BCUT2D eigenvalue weighted by Crippen LogP contribution is -2.49. The van der Waals surface area contributed by atoms with Gasteiger partial charge in [-0.25, -0.2) is 10.4 Å². The molecule has 0 aromatic heterocycles. The Kier molecular flexibility index (Phi) is 5.43. The number of aliphatic imine (C=N–C) groups is 1. The van der Waals surface area contributed by atoms with Gasteiger partial charge in [-0.05, 0) is 36.8 Å². The van der Waals surface area contributed by atoms with Crippen molar-refractivity contribution in [2.75, 3.05) is 22.5 Å². The van der Waals surface area contributed by atoms with Crippen molar-refractivity contribution < 1.29 is 9.59 Å². The van der Waals surface area contributed by atoms with E-state index in [4.69, 9.17) is 0 Å². The predicted octanol–water partition coefficient (Wildman–Crippen LogP) is 2.12. The Bertz CT molecular complexity index is 918. The zero-order valence-electron chi connectivity index (χ0n) is 15.4. The summed E-state index contributed by atoms with van der Waals surface area (Å²) < 4.78 is 0. The van der Waals surface area contributed by atoms with Crippen LogP contribution in [0, 0.1) is 12.8 Å². The molecule has 2 unspecified atom stereocenters. The van der Waals surface area contributed by atoms with Crippen LogP contribution < -0.4 is 21.1 Å². The molecule has 2 atom stereocenters. The second-order valence-corrected chi connectivity index (χ2v) is 7.65. The highest BCUT2D eigenvalue weighted by molar-refractivity contribution is 8.14. The van der Waals surface area contributed by atoms with E-state index in [9.17, 15) is 9.59 Å². The first-order valence-electron chi connectivity index (χ1n) is 9.06. The SMILES string of the molecule is Cc1cccc(NC(=O)CSC2=NC3NNCC3C(=O)N2c2ccccc2)c1. The molecular weight excluding hydrogens is 374 g/mol. The van der Waals surface area contributed by atoms with E-state index in [0.717, 1.165) is 16.9 Å². The van der Waals surface area contributed by atoms with Crippen LogP contribution in [0.1, 0.15) is 5.56 Å². The van der Waals surface area contributed by atoms with Crippen LogP contribution in [0.3, 0.4) is 0 Å².